The molecule has 0 N–H and O–H groups in total. The molecule has 0 aliphatic carbocycles. The minimum absolute atomic E-state index is 0.0498. The summed E-state index contributed by atoms with van der Waals surface area (Å²) in [7, 11) is 3.82. The molecule has 5 nitrogen and oxygen atoms in total. The summed E-state index contributed by atoms with van der Waals surface area (Å²) in [5.41, 5.74) is 2.78. The zero-order chi connectivity index (χ0) is 15.4. The molecule has 0 radical (unpaired) electrons. The number of esters is 1. The van der Waals surface area contributed by atoms with Crippen LogP contribution in [0.25, 0.3) is 0 Å². The highest BCUT2D eigenvalue weighted by Crippen LogP contribution is 2.16. The van der Waals surface area contributed by atoms with E-state index in [-0.39, 0.29) is 18.4 Å². The largest absolute Gasteiger partial charge is 0.457 e. The lowest BCUT2D eigenvalue weighted by atomic mass is 10.1. The molecule has 1 aliphatic heterocycles. The Morgan fingerprint density at radius 3 is 2.71 bits per heavy atom. The van der Waals surface area contributed by atoms with E-state index in [4.69, 9.17) is 4.74 Å². The van der Waals surface area contributed by atoms with Crippen molar-refractivity contribution in [1.82, 2.24) is 0 Å². The van der Waals surface area contributed by atoms with Crippen molar-refractivity contribution in [2.75, 3.05) is 25.6 Å². The molecule has 0 aromatic heterocycles. The van der Waals surface area contributed by atoms with Gasteiger partial charge in [-0.1, -0.05) is 6.07 Å². The first kappa shape index (κ1) is 15.0. The Kier molecular flexibility index (Phi) is 4.52. The van der Waals surface area contributed by atoms with E-state index in [1.807, 2.05) is 31.1 Å². The van der Waals surface area contributed by atoms with Gasteiger partial charge in [-0.05, 0) is 23.8 Å². The molecule has 110 valence electrons. The van der Waals surface area contributed by atoms with Gasteiger partial charge in [0.15, 0.2) is 5.78 Å². The van der Waals surface area contributed by atoms with Gasteiger partial charge in [-0.3, -0.25) is 9.79 Å². The Hall–Kier alpha value is -2.43. The van der Waals surface area contributed by atoms with Gasteiger partial charge in [-0.2, -0.15) is 0 Å². The molecule has 1 aromatic rings. The summed E-state index contributed by atoms with van der Waals surface area (Å²) in [6.07, 6.45) is 2.06. The average molecular weight is 286 g/mol. The van der Waals surface area contributed by atoms with E-state index in [2.05, 4.69) is 4.99 Å². The predicted molar refractivity (Wildman–Crippen MR) is 81.9 cm³/mol. The molecule has 1 aromatic carbocycles. The maximum Gasteiger partial charge on any atom is 0.338 e. The van der Waals surface area contributed by atoms with E-state index in [0.717, 1.165) is 11.3 Å². The number of hydrogen-bond donors (Lipinski definition) is 0. The number of Topliss-reactive ketones (excluding diaryl/α,β-unsaturated/α-hetero) is 1. The zero-order valence-corrected chi connectivity index (χ0v) is 12.4. The topological polar surface area (TPSA) is 59.0 Å². The molecule has 2 rings (SSSR count). The number of anilines is 1. The van der Waals surface area contributed by atoms with Crippen molar-refractivity contribution in [2.45, 2.75) is 13.3 Å². The summed E-state index contributed by atoms with van der Waals surface area (Å²) in [5, 5.41) is 0. The normalized spacial score (nSPS) is 13.5. The number of ether oxygens (including phenoxy) is 1. The van der Waals surface area contributed by atoms with Crippen LogP contribution in [0.4, 0.5) is 5.69 Å². The summed E-state index contributed by atoms with van der Waals surface area (Å²) in [4.78, 5) is 29.1. The number of carbonyl (C=O) groups is 2. The van der Waals surface area contributed by atoms with E-state index >= 15 is 0 Å². The second-order valence-electron chi connectivity index (χ2n) is 5.12. The number of carbonyl (C=O) groups excluding carboxylic acids is 2. The molecule has 0 unspecified atom stereocenters. The van der Waals surface area contributed by atoms with E-state index < -0.39 is 0 Å². The molecule has 0 bridgehead atoms. The van der Waals surface area contributed by atoms with Gasteiger partial charge in [0.2, 0.25) is 0 Å². The Bertz CT molecular complexity index is 630. The third kappa shape index (κ3) is 3.78. The van der Waals surface area contributed by atoms with E-state index in [9.17, 15) is 9.59 Å². The Morgan fingerprint density at radius 1 is 1.33 bits per heavy atom. The van der Waals surface area contributed by atoms with Gasteiger partial charge in [0.05, 0.1) is 11.3 Å². The molecule has 21 heavy (non-hydrogen) atoms. The van der Waals surface area contributed by atoms with Crippen LogP contribution in [0, 0.1) is 0 Å². The number of benzene rings is 1. The maximum atomic E-state index is 12.0. The second kappa shape index (κ2) is 6.35. The summed E-state index contributed by atoms with van der Waals surface area (Å²) < 4.78 is 5.26. The number of ketones is 1. The van der Waals surface area contributed by atoms with E-state index in [1.165, 1.54) is 6.92 Å². The molecule has 1 heterocycles. The smallest absolute Gasteiger partial charge is 0.338 e. The minimum atomic E-state index is -0.379. The van der Waals surface area contributed by atoms with Crippen LogP contribution in [-0.4, -0.2) is 38.2 Å². The predicted octanol–water partition coefficient (Wildman–Crippen LogP) is 2.23. The molecule has 0 saturated carbocycles. The van der Waals surface area contributed by atoms with Gasteiger partial charge in [0.25, 0.3) is 0 Å². The van der Waals surface area contributed by atoms with E-state index in [0.29, 0.717) is 17.7 Å². The highest BCUT2D eigenvalue weighted by atomic mass is 16.5. The third-order valence-corrected chi connectivity index (χ3v) is 3.19. The number of hydrogen-bond acceptors (Lipinski definition) is 5. The summed E-state index contributed by atoms with van der Waals surface area (Å²) in [6.45, 7) is 1.64. The van der Waals surface area contributed by atoms with Gasteiger partial charge >= 0.3 is 5.97 Å². The van der Waals surface area contributed by atoms with Crippen LogP contribution in [0.3, 0.4) is 0 Å². The van der Waals surface area contributed by atoms with Crippen molar-refractivity contribution in [3.8, 4) is 0 Å². The van der Waals surface area contributed by atoms with Crippen molar-refractivity contribution in [1.29, 1.82) is 0 Å². The molecule has 0 saturated heterocycles. The summed E-state index contributed by atoms with van der Waals surface area (Å²) in [5.74, 6) is -0.429. The fourth-order valence-corrected chi connectivity index (χ4v) is 1.93. The van der Waals surface area contributed by atoms with Crippen LogP contribution in [0.5, 0.6) is 0 Å². The van der Waals surface area contributed by atoms with Crippen molar-refractivity contribution in [3.63, 3.8) is 0 Å². The number of nitrogens with zero attached hydrogens (tertiary/aromatic N) is 2. The lowest BCUT2D eigenvalue weighted by Gasteiger charge is -2.13. The lowest BCUT2D eigenvalue weighted by molar-refractivity contribution is -0.111. The molecule has 0 fully saturated rings. The lowest BCUT2D eigenvalue weighted by Crippen LogP contribution is -2.13. The molecular weight excluding hydrogens is 268 g/mol. The van der Waals surface area contributed by atoms with Crippen molar-refractivity contribution >= 4 is 23.2 Å². The molecule has 1 aliphatic rings. The van der Waals surface area contributed by atoms with Crippen molar-refractivity contribution < 1.29 is 14.3 Å². The quantitative estimate of drug-likeness (QED) is 0.779. The fraction of sp³-hybridized carbons (Fsp3) is 0.312. The monoisotopic (exact) mass is 286 g/mol. The number of aliphatic imine (C=N–C) groups is 1. The fourth-order valence-electron chi connectivity index (χ4n) is 1.93. The average Bonchev–Trinajstić information content (AvgIpc) is 2.94. The molecule has 5 heteroatoms. The first-order chi connectivity index (χ1) is 9.97. The van der Waals surface area contributed by atoms with Gasteiger partial charge in [-0.25, -0.2) is 4.79 Å². The van der Waals surface area contributed by atoms with E-state index in [1.54, 1.807) is 18.3 Å². The molecular formula is C16H18N2O3. The van der Waals surface area contributed by atoms with Crippen LogP contribution in [-0.2, 0) is 9.53 Å². The Morgan fingerprint density at radius 2 is 2.10 bits per heavy atom. The summed E-state index contributed by atoms with van der Waals surface area (Å²) in [6, 6.07) is 7.24. The molecule has 0 atom stereocenters. The standard InChI is InChI=1S/C16H18N2O3/c1-11(19)15-7-12(9-17-15)10-21-16(20)13-5-4-6-14(8-13)18(2)3/h4-6,8-9H,7,10H2,1-3H3. The van der Waals surface area contributed by atoms with Crippen LogP contribution in [0.15, 0.2) is 41.0 Å². The molecule has 0 amide bonds. The highest BCUT2D eigenvalue weighted by molar-refractivity contribution is 6.40. The molecule has 0 spiro atoms. The third-order valence-electron chi connectivity index (χ3n) is 3.19. The Balaban J connectivity index is 1.92. The minimum Gasteiger partial charge on any atom is -0.457 e. The first-order valence-corrected chi connectivity index (χ1v) is 6.67. The van der Waals surface area contributed by atoms with Crippen molar-refractivity contribution in [2.24, 2.45) is 4.99 Å². The van der Waals surface area contributed by atoms with Gasteiger partial charge in [-0.15, -0.1) is 0 Å². The highest BCUT2D eigenvalue weighted by Gasteiger charge is 2.16. The van der Waals surface area contributed by atoms with Crippen LogP contribution >= 0.6 is 0 Å². The second-order valence-corrected chi connectivity index (χ2v) is 5.12. The summed E-state index contributed by atoms with van der Waals surface area (Å²) >= 11 is 0. The van der Waals surface area contributed by atoms with Gasteiger partial charge in [0, 0.05) is 39.3 Å². The number of rotatable bonds is 5. The maximum absolute atomic E-state index is 12.0. The Labute approximate surface area is 123 Å². The van der Waals surface area contributed by atoms with Crippen LogP contribution in [0.2, 0.25) is 0 Å². The van der Waals surface area contributed by atoms with Gasteiger partial charge in [0.1, 0.15) is 6.61 Å². The first-order valence-electron chi connectivity index (χ1n) is 6.67. The SMILES string of the molecule is CC(=O)C1=NC=C(COC(=O)c2cccc(N(C)C)c2)C1. The van der Waals surface area contributed by atoms with Crippen LogP contribution in [0.1, 0.15) is 23.7 Å². The van der Waals surface area contributed by atoms with Crippen LogP contribution < -0.4 is 4.90 Å². The van der Waals surface area contributed by atoms with Gasteiger partial charge < -0.3 is 9.64 Å². The van der Waals surface area contributed by atoms with Crippen molar-refractivity contribution in [3.05, 3.63) is 41.6 Å². The zero-order valence-electron chi connectivity index (χ0n) is 12.4.